The molecule has 0 atom stereocenters. The Morgan fingerprint density at radius 3 is 2.75 bits per heavy atom. The Morgan fingerprint density at radius 2 is 2.10 bits per heavy atom. The molecule has 20 heavy (non-hydrogen) atoms. The summed E-state index contributed by atoms with van der Waals surface area (Å²) in [5.74, 6) is 0.846. The number of aryl methyl sites for hydroxylation is 1. The van der Waals surface area contributed by atoms with Crippen molar-refractivity contribution in [2.45, 2.75) is 33.1 Å². The largest absolute Gasteiger partial charge is 0.395 e. The summed E-state index contributed by atoms with van der Waals surface area (Å²) in [6, 6.07) is 2.14. The minimum absolute atomic E-state index is 0.109. The quantitative estimate of drug-likeness (QED) is 0.795. The van der Waals surface area contributed by atoms with Crippen molar-refractivity contribution in [2.24, 2.45) is 0 Å². The Bertz CT molecular complexity index is 573. The molecule has 1 N–H and O–H groups in total. The van der Waals surface area contributed by atoms with Crippen molar-refractivity contribution in [1.29, 1.82) is 0 Å². The summed E-state index contributed by atoms with van der Waals surface area (Å²) in [5, 5.41) is 10.6. The summed E-state index contributed by atoms with van der Waals surface area (Å²) >= 11 is 7.71. The molecule has 4 nitrogen and oxygen atoms in total. The standard InChI is InChI=1S/C14H20ClN3OS/c1-3-5-6-18(7-8-19)12-11-9-10(4-2)20-13(11)17-14(15)16-12/h9,19H,3-8H2,1-2H3. The van der Waals surface area contributed by atoms with Crippen molar-refractivity contribution < 1.29 is 5.11 Å². The highest BCUT2D eigenvalue weighted by atomic mass is 35.5. The van der Waals surface area contributed by atoms with E-state index in [-0.39, 0.29) is 11.9 Å². The molecule has 2 heterocycles. The van der Waals surface area contributed by atoms with E-state index in [4.69, 9.17) is 11.6 Å². The van der Waals surface area contributed by atoms with Gasteiger partial charge in [0.1, 0.15) is 10.6 Å². The molecule has 110 valence electrons. The summed E-state index contributed by atoms with van der Waals surface area (Å²) in [6.45, 7) is 5.83. The summed E-state index contributed by atoms with van der Waals surface area (Å²) in [6.07, 6.45) is 3.15. The minimum atomic E-state index is 0.109. The van der Waals surface area contributed by atoms with Crippen LogP contribution in [0.2, 0.25) is 5.28 Å². The van der Waals surface area contributed by atoms with Crippen molar-refractivity contribution in [3.05, 3.63) is 16.2 Å². The van der Waals surface area contributed by atoms with Gasteiger partial charge in [-0.15, -0.1) is 11.3 Å². The number of thiophene rings is 1. The molecule has 0 bridgehead atoms. The number of aliphatic hydroxyl groups excluding tert-OH is 1. The van der Waals surface area contributed by atoms with Crippen LogP contribution in [0.3, 0.4) is 0 Å². The molecule has 6 heteroatoms. The maximum absolute atomic E-state index is 9.27. The average molecular weight is 314 g/mol. The fraction of sp³-hybridized carbons (Fsp3) is 0.571. The Hall–Kier alpha value is -0.910. The number of fused-ring (bicyclic) bond motifs is 1. The molecule has 2 rings (SSSR count). The maximum Gasteiger partial charge on any atom is 0.225 e. The van der Waals surface area contributed by atoms with Gasteiger partial charge >= 0.3 is 0 Å². The zero-order valence-corrected chi connectivity index (χ0v) is 13.5. The van der Waals surface area contributed by atoms with Gasteiger partial charge in [0.2, 0.25) is 5.28 Å². The lowest BCUT2D eigenvalue weighted by molar-refractivity contribution is 0.301. The van der Waals surface area contributed by atoms with Crippen LogP contribution in [-0.2, 0) is 6.42 Å². The van der Waals surface area contributed by atoms with Gasteiger partial charge in [-0.3, -0.25) is 0 Å². The van der Waals surface area contributed by atoms with E-state index in [0.29, 0.717) is 6.54 Å². The molecular weight excluding hydrogens is 294 g/mol. The third-order valence-corrected chi connectivity index (χ3v) is 4.54. The first kappa shape index (κ1) is 15.5. The molecule has 0 amide bonds. The fourth-order valence-electron chi connectivity index (χ4n) is 2.14. The zero-order chi connectivity index (χ0) is 14.5. The van der Waals surface area contributed by atoms with Gasteiger partial charge in [-0.25, -0.2) is 4.98 Å². The fourth-order valence-corrected chi connectivity index (χ4v) is 3.32. The number of nitrogens with zero attached hydrogens (tertiary/aromatic N) is 3. The second kappa shape index (κ2) is 7.20. The maximum atomic E-state index is 9.27. The first-order valence-electron chi connectivity index (χ1n) is 7.01. The topological polar surface area (TPSA) is 49.2 Å². The number of unbranched alkanes of at least 4 members (excludes halogenated alkanes) is 1. The average Bonchev–Trinajstić information content (AvgIpc) is 2.85. The molecule has 0 unspecified atom stereocenters. The lowest BCUT2D eigenvalue weighted by atomic mass is 10.2. The number of aromatic nitrogens is 2. The Balaban J connectivity index is 2.45. The van der Waals surface area contributed by atoms with E-state index in [1.165, 1.54) is 4.88 Å². The van der Waals surface area contributed by atoms with Crippen LogP contribution in [0.25, 0.3) is 10.2 Å². The smallest absolute Gasteiger partial charge is 0.225 e. The highest BCUT2D eigenvalue weighted by molar-refractivity contribution is 7.18. The molecule has 0 aliphatic heterocycles. The monoisotopic (exact) mass is 313 g/mol. The van der Waals surface area contributed by atoms with E-state index >= 15 is 0 Å². The normalized spacial score (nSPS) is 11.2. The number of aliphatic hydroxyl groups is 1. The van der Waals surface area contributed by atoms with Crippen molar-refractivity contribution in [2.75, 3.05) is 24.6 Å². The van der Waals surface area contributed by atoms with E-state index in [1.54, 1.807) is 11.3 Å². The van der Waals surface area contributed by atoms with Crippen LogP contribution in [0, 0.1) is 0 Å². The Kier molecular flexibility index (Phi) is 5.57. The molecule has 0 saturated carbocycles. The van der Waals surface area contributed by atoms with Crippen LogP contribution in [-0.4, -0.2) is 34.8 Å². The molecule has 2 aromatic heterocycles. The molecule has 0 saturated heterocycles. The highest BCUT2D eigenvalue weighted by Gasteiger charge is 2.16. The lowest BCUT2D eigenvalue weighted by Crippen LogP contribution is -2.28. The van der Waals surface area contributed by atoms with Crippen LogP contribution in [0.4, 0.5) is 5.82 Å². The number of hydrogen-bond acceptors (Lipinski definition) is 5. The van der Waals surface area contributed by atoms with E-state index in [1.807, 2.05) is 0 Å². The predicted octanol–water partition coefficient (Wildman–Crippen LogP) is 3.51. The van der Waals surface area contributed by atoms with Gasteiger partial charge in [-0.05, 0) is 30.5 Å². The number of anilines is 1. The number of hydrogen-bond donors (Lipinski definition) is 1. The van der Waals surface area contributed by atoms with E-state index in [9.17, 15) is 5.11 Å². The van der Waals surface area contributed by atoms with Crippen LogP contribution in [0.1, 0.15) is 31.6 Å². The molecule has 0 aliphatic rings. The molecule has 0 fully saturated rings. The van der Waals surface area contributed by atoms with Gasteiger partial charge in [-0.1, -0.05) is 20.3 Å². The minimum Gasteiger partial charge on any atom is -0.395 e. The second-order valence-corrected chi connectivity index (χ2v) is 6.12. The van der Waals surface area contributed by atoms with Gasteiger partial charge in [0.25, 0.3) is 0 Å². The van der Waals surface area contributed by atoms with Crippen LogP contribution < -0.4 is 4.90 Å². The van der Waals surface area contributed by atoms with Crippen molar-refractivity contribution >= 4 is 39.0 Å². The first-order chi connectivity index (χ1) is 9.69. The van der Waals surface area contributed by atoms with E-state index in [0.717, 1.165) is 41.8 Å². The third-order valence-electron chi connectivity index (χ3n) is 3.20. The Morgan fingerprint density at radius 1 is 1.30 bits per heavy atom. The lowest BCUT2D eigenvalue weighted by Gasteiger charge is -2.23. The molecule has 0 aromatic carbocycles. The molecular formula is C14H20ClN3OS. The van der Waals surface area contributed by atoms with Crippen molar-refractivity contribution in [3.8, 4) is 0 Å². The van der Waals surface area contributed by atoms with Gasteiger partial charge in [0.05, 0.1) is 12.0 Å². The van der Waals surface area contributed by atoms with Crippen LogP contribution in [0.5, 0.6) is 0 Å². The van der Waals surface area contributed by atoms with Crippen molar-refractivity contribution in [3.63, 3.8) is 0 Å². The molecule has 0 radical (unpaired) electrons. The summed E-state index contributed by atoms with van der Waals surface area (Å²) < 4.78 is 0. The van der Waals surface area contributed by atoms with E-state index < -0.39 is 0 Å². The van der Waals surface area contributed by atoms with E-state index in [2.05, 4.69) is 34.8 Å². The summed E-state index contributed by atoms with van der Waals surface area (Å²) in [7, 11) is 0. The summed E-state index contributed by atoms with van der Waals surface area (Å²) in [4.78, 5) is 13.0. The molecule has 2 aromatic rings. The predicted molar refractivity (Wildman–Crippen MR) is 86.0 cm³/mol. The van der Waals surface area contributed by atoms with Gasteiger partial charge in [0.15, 0.2) is 0 Å². The summed E-state index contributed by atoms with van der Waals surface area (Å²) in [5.41, 5.74) is 0. The number of rotatable bonds is 7. The number of halogens is 1. The second-order valence-electron chi connectivity index (χ2n) is 4.67. The Labute approximate surface area is 128 Å². The van der Waals surface area contributed by atoms with Gasteiger partial charge < -0.3 is 10.0 Å². The molecule has 0 aliphatic carbocycles. The van der Waals surface area contributed by atoms with Crippen LogP contribution in [0.15, 0.2) is 6.07 Å². The van der Waals surface area contributed by atoms with Gasteiger partial charge in [-0.2, -0.15) is 4.98 Å². The SMILES string of the molecule is CCCCN(CCO)c1nc(Cl)nc2sc(CC)cc12. The van der Waals surface area contributed by atoms with Crippen molar-refractivity contribution in [1.82, 2.24) is 9.97 Å². The first-order valence-corrected chi connectivity index (χ1v) is 8.20. The zero-order valence-electron chi connectivity index (χ0n) is 11.9. The molecule has 0 spiro atoms. The highest BCUT2D eigenvalue weighted by Crippen LogP contribution is 2.32. The van der Waals surface area contributed by atoms with Gasteiger partial charge in [0, 0.05) is 18.0 Å². The third kappa shape index (κ3) is 3.40. The van der Waals surface area contributed by atoms with Crippen LogP contribution >= 0.6 is 22.9 Å².